The van der Waals surface area contributed by atoms with Gasteiger partial charge in [0.25, 0.3) is 5.91 Å². The Morgan fingerprint density at radius 3 is 2.23 bits per heavy atom. The Morgan fingerprint density at radius 1 is 1.04 bits per heavy atom. The molecule has 6 nitrogen and oxygen atoms in total. The normalized spacial score (nSPS) is 10.6. The van der Waals surface area contributed by atoms with Crippen LogP contribution in [0.2, 0.25) is 0 Å². The van der Waals surface area contributed by atoms with Crippen molar-refractivity contribution in [1.82, 2.24) is 4.90 Å². The average molecular weight is 353 g/mol. The number of aryl methyl sites for hydroxylation is 2. The third kappa shape index (κ3) is 6.39. The highest BCUT2D eigenvalue weighted by Crippen LogP contribution is 2.08. The summed E-state index contributed by atoms with van der Waals surface area (Å²) in [5, 5.41) is 6.52. The number of hydrogen-bond acceptors (Lipinski definition) is 4. The monoisotopic (exact) mass is 353 g/mol. The number of carbonyl (C=O) groups is 2. The van der Waals surface area contributed by atoms with Crippen LogP contribution in [0.4, 0.5) is 5.69 Å². The molecule has 0 saturated heterocycles. The molecule has 0 saturated carbocycles. The molecule has 0 unspecified atom stereocenters. The second-order valence-electron chi connectivity index (χ2n) is 6.08. The largest absolute Gasteiger partial charge is 0.386 e. The van der Waals surface area contributed by atoms with Gasteiger partial charge in [0, 0.05) is 12.7 Å². The van der Waals surface area contributed by atoms with Gasteiger partial charge in [-0.05, 0) is 31.5 Å². The molecule has 0 atom stereocenters. The number of carbonyl (C=O) groups excluding carboxylic acids is 2. The SMILES string of the molecule is Cc1ccc(/C=N\OCC(=O)N(C)CC(=O)Nc2ccc(C)cc2)cc1. The number of rotatable bonds is 7. The topological polar surface area (TPSA) is 71.0 Å². The lowest BCUT2D eigenvalue weighted by atomic mass is 10.2. The summed E-state index contributed by atoms with van der Waals surface area (Å²) < 4.78 is 0. The Labute approximate surface area is 153 Å². The highest BCUT2D eigenvalue weighted by molar-refractivity contribution is 5.94. The summed E-state index contributed by atoms with van der Waals surface area (Å²) in [6, 6.07) is 15.2. The van der Waals surface area contributed by atoms with Crippen LogP contribution in [0.15, 0.2) is 53.7 Å². The first-order valence-electron chi connectivity index (χ1n) is 8.26. The van der Waals surface area contributed by atoms with E-state index in [0.717, 1.165) is 16.7 Å². The highest BCUT2D eigenvalue weighted by Gasteiger charge is 2.13. The molecular formula is C20H23N3O3. The zero-order valence-corrected chi connectivity index (χ0v) is 15.2. The number of nitrogens with one attached hydrogen (secondary N) is 1. The van der Waals surface area contributed by atoms with Crippen LogP contribution in [0.5, 0.6) is 0 Å². The Kier molecular flexibility index (Phi) is 6.91. The van der Waals surface area contributed by atoms with Crippen molar-refractivity contribution in [2.45, 2.75) is 13.8 Å². The first-order chi connectivity index (χ1) is 12.4. The van der Waals surface area contributed by atoms with E-state index in [-0.39, 0.29) is 25.0 Å². The van der Waals surface area contributed by atoms with E-state index in [0.29, 0.717) is 5.69 Å². The maximum absolute atomic E-state index is 12.0. The van der Waals surface area contributed by atoms with Crippen LogP contribution in [0.1, 0.15) is 16.7 Å². The van der Waals surface area contributed by atoms with Crippen molar-refractivity contribution in [1.29, 1.82) is 0 Å². The fourth-order valence-electron chi connectivity index (χ4n) is 2.09. The lowest BCUT2D eigenvalue weighted by molar-refractivity contribution is -0.137. The first kappa shape index (κ1) is 19.2. The van der Waals surface area contributed by atoms with Crippen molar-refractivity contribution in [2.75, 3.05) is 25.5 Å². The van der Waals surface area contributed by atoms with E-state index in [1.165, 1.54) is 11.1 Å². The van der Waals surface area contributed by atoms with Crippen molar-refractivity contribution in [3.05, 3.63) is 65.2 Å². The molecule has 2 rings (SSSR count). The van der Waals surface area contributed by atoms with Gasteiger partial charge in [-0.3, -0.25) is 9.59 Å². The molecule has 0 spiro atoms. The number of nitrogens with zero attached hydrogens (tertiary/aromatic N) is 2. The number of benzene rings is 2. The van der Waals surface area contributed by atoms with E-state index in [9.17, 15) is 9.59 Å². The first-order valence-corrected chi connectivity index (χ1v) is 8.26. The molecule has 2 aromatic rings. The van der Waals surface area contributed by atoms with Gasteiger partial charge in [-0.1, -0.05) is 52.7 Å². The van der Waals surface area contributed by atoms with Gasteiger partial charge in [0.05, 0.1) is 12.8 Å². The minimum absolute atomic E-state index is 0.0578. The van der Waals surface area contributed by atoms with Crippen LogP contribution in [0.25, 0.3) is 0 Å². The van der Waals surface area contributed by atoms with Crippen LogP contribution >= 0.6 is 0 Å². The maximum atomic E-state index is 12.0. The second kappa shape index (κ2) is 9.36. The molecule has 136 valence electrons. The molecule has 0 aliphatic rings. The van der Waals surface area contributed by atoms with Gasteiger partial charge < -0.3 is 15.1 Å². The van der Waals surface area contributed by atoms with Gasteiger partial charge in [-0.2, -0.15) is 0 Å². The van der Waals surface area contributed by atoms with E-state index in [1.807, 2.05) is 62.4 Å². The highest BCUT2D eigenvalue weighted by atomic mass is 16.6. The van der Waals surface area contributed by atoms with E-state index < -0.39 is 0 Å². The molecule has 2 amide bonds. The predicted octanol–water partition coefficient (Wildman–Crippen LogP) is 2.75. The number of hydrogen-bond donors (Lipinski definition) is 1. The van der Waals surface area contributed by atoms with Gasteiger partial charge in [0.15, 0.2) is 6.61 Å². The number of oxime groups is 1. The lowest BCUT2D eigenvalue weighted by Crippen LogP contribution is -2.36. The molecule has 0 radical (unpaired) electrons. The molecule has 0 heterocycles. The quantitative estimate of drug-likeness (QED) is 0.615. The molecule has 0 aromatic heterocycles. The Bertz CT molecular complexity index is 768. The molecule has 2 aromatic carbocycles. The molecule has 0 aliphatic heterocycles. The fourth-order valence-corrected chi connectivity index (χ4v) is 2.09. The molecule has 6 heteroatoms. The van der Waals surface area contributed by atoms with Crippen LogP contribution in [-0.4, -0.2) is 43.1 Å². The summed E-state index contributed by atoms with van der Waals surface area (Å²) in [6.45, 7) is 3.69. The van der Waals surface area contributed by atoms with Crippen LogP contribution in [0.3, 0.4) is 0 Å². The zero-order valence-electron chi connectivity index (χ0n) is 15.2. The summed E-state index contributed by atoms with van der Waals surface area (Å²) in [5.74, 6) is -0.599. The van der Waals surface area contributed by atoms with Gasteiger partial charge in [0.2, 0.25) is 5.91 Å². The van der Waals surface area contributed by atoms with Crippen LogP contribution in [-0.2, 0) is 14.4 Å². The van der Waals surface area contributed by atoms with Crippen molar-refractivity contribution < 1.29 is 14.4 Å². The van der Waals surface area contributed by atoms with Crippen molar-refractivity contribution in [2.24, 2.45) is 5.16 Å². The number of likely N-dealkylation sites (N-methyl/N-ethyl adjacent to an activating group) is 1. The van der Waals surface area contributed by atoms with Crippen LogP contribution in [0, 0.1) is 13.8 Å². The Morgan fingerprint density at radius 2 is 1.62 bits per heavy atom. The van der Waals surface area contributed by atoms with Crippen LogP contribution < -0.4 is 5.32 Å². The van der Waals surface area contributed by atoms with Gasteiger partial charge >= 0.3 is 0 Å². The predicted molar refractivity (Wildman–Crippen MR) is 102 cm³/mol. The summed E-state index contributed by atoms with van der Waals surface area (Å²) in [4.78, 5) is 30.3. The summed E-state index contributed by atoms with van der Waals surface area (Å²) in [5.41, 5.74) is 3.84. The molecule has 26 heavy (non-hydrogen) atoms. The summed E-state index contributed by atoms with van der Waals surface area (Å²) >= 11 is 0. The van der Waals surface area contributed by atoms with E-state index in [1.54, 1.807) is 7.05 Å². The van der Waals surface area contributed by atoms with E-state index >= 15 is 0 Å². The molecule has 0 bridgehead atoms. The Hall–Kier alpha value is -3.15. The average Bonchev–Trinajstić information content (AvgIpc) is 2.62. The third-order valence-electron chi connectivity index (χ3n) is 3.68. The van der Waals surface area contributed by atoms with Gasteiger partial charge in [0.1, 0.15) is 0 Å². The fraction of sp³-hybridized carbons (Fsp3) is 0.250. The molecule has 0 fully saturated rings. The van der Waals surface area contributed by atoms with Crippen molar-refractivity contribution in [3.8, 4) is 0 Å². The molecule has 1 N–H and O–H groups in total. The lowest BCUT2D eigenvalue weighted by Gasteiger charge is -2.16. The second-order valence-corrected chi connectivity index (χ2v) is 6.08. The molecule has 0 aliphatic carbocycles. The van der Waals surface area contributed by atoms with Crippen molar-refractivity contribution in [3.63, 3.8) is 0 Å². The standard InChI is InChI=1S/C20H23N3O3/c1-15-4-8-17(9-5-15)12-21-26-14-20(25)23(3)13-19(24)22-18-10-6-16(2)7-11-18/h4-12H,13-14H2,1-3H3,(H,22,24)/b21-12-. The van der Waals surface area contributed by atoms with E-state index in [4.69, 9.17) is 4.84 Å². The van der Waals surface area contributed by atoms with Gasteiger partial charge in [-0.15, -0.1) is 0 Å². The third-order valence-corrected chi connectivity index (χ3v) is 3.68. The minimum atomic E-state index is -0.329. The number of anilines is 1. The smallest absolute Gasteiger partial charge is 0.263 e. The zero-order chi connectivity index (χ0) is 18.9. The minimum Gasteiger partial charge on any atom is -0.386 e. The Balaban J connectivity index is 1.73. The van der Waals surface area contributed by atoms with Crippen molar-refractivity contribution >= 4 is 23.7 Å². The maximum Gasteiger partial charge on any atom is 0.263 e. The summed E-state index contributed by atoms with van der Waals surface area (Å²) in [7, 11) is 1.55. The molecular weight excluding hydrogens is 330 g/mol. The van der Waals surface area contributed by atoms with Gasteiger partial charge in [-0.25, -0.2) is 0 Å². The number of amides is 2. The van der Waals surface area contributed by atoms with E-state index in [2.05, 4.69) is 10.5 Å². The summed E-state index contributed by atoms with van der Waals surface area (Å²) in [6.07, 6.45) is 1.54.